The van der Waals surface area contributed by atoms with Gasteiger partial charge in [0.05, 0.1) is 11.4 Å². The molecule has 2 N–H and O–H groups in total. The van der Waals surface area contributed by atoms with Crippen LogP contribution in [0, 0.1) is 5.92 Å². The van der Waals surface area contributed by atoms with E-state index in [1.54, 1.807) is 12.1 Å². The van der Waals surface area contributed by atoms with E-state index in [0.717, 1.165) is 22.2 Å². The number of nitrogens with one attached hydrogen (secondary N) is 2. The Balaban J connectivity index is 1.76. The Morgan fingerprint density at radius 3 is 2.80 bits per heavy atom. The van der Waals surface area contributed by atoms with Gasteiger partial charge in [-0.1, -0.05) is 30.1 Å². The van der Waals surface area contributed by atoms with Gasteiger partial charge in [-0.3, -0.25) is 4.79 Å². The van der Waals surface area contributed by atoms with Crippen molar-refractivity contribution in [3.05, 3.63) is 33.4 Å². The summed E-state index contributed by atoms with van der Waals surface area (Å²) in [6.07, 6.45) is -3.58. The first-order valence-electron chi connectivity index (χ1n) is 7.99. The predicted molar refractivity (Wildman–Crippen MR) is 92.1 cm³/mol. The Hall–Kier alpha value is -1.40. The molecule has 3 nitrogen and oxygen atoms in total. The molecule has 3 rings (SSSR count). The summed E-state index contributed by atoms with van der Waals surface area (Å²) in [5.74, 6) is -1.67. The Morgan fingerprint density at radius 2 is 2.12 bits per heavy atom. The third-order valence-electron chi connectivity index (χ3n) is 4.53. The van der Waals surface area contributed by atoms with Crippen molar-refractivity contribution >= 4 is 40.0 Å². The van der Waals surface area contributed by atoms with E-state index >= 15 is 0 Å². The van der Waals surface area contributed by atoms with Crippen molar-refractivity contribution in [2.45, 2.75) is 44.8 Å². The van der Waals surface area contributed by atoms with E-state index in [9.17, 15) is 18.0 Å². The maximum Gasteiger partial charge on any atom is 0.389 e. The summed E-state index contributed by atoms with van der Waals surface area (Å²) in [7, 11) is 0. The molecule has 25 heavy (non-hydrogen) atoms. The van der Waals surface area contributed by atoms with Crippen molar-refractivity contribution in [1.82, 2.24) is 10.3 Å². The molecule has 8 heteroatoms. The second-order valence-electron chi connectivity index (χ2n) is 6.56. The molecule has 1 aromatic carbocycles. The molecule has 2 atom stereocenters. The summed E-state index contributed by atoms with van der Waals surface area (Å²) in [5.41, 5.74) is 2.87. The molecule has 1 aromatic heterocycles. The minimum atomic E-state index is -4.35. The molecule has 0 fully saturated rings. The number of amides is 1. The Labute approximate surface area is 152 Å². The summed E-state index contributed by atoms with van der Waals surface area (Å²) >= 11 is 12.3. The lowest BCUT2D eigenvalue weighted by molar-refractivity contribution is -0.153. The van der Waals surface area contributed by atoms with E-state index in [1.807, 2.05) is 0 Å². The number of aromatic nitrogens is 1. The Bertz CT molecular complexity index is 816. The van der Waals surface area contributed by atoms with Crippen LogP contribution in [-0.2, 0) is 17.6 Å². The van der Waals surface area contributed by atoms with Crippen LogP contribution in [0.1, 0.15) is 31.0 Å². The molecule has 0 bridgehead atoms. The zero-order chi connectivity index (χ0) is 18.4. The first-order valence-corrected chi connectivity index (χ1v) is 8.75. The molecule has 0 radical (unpaired) electrons. The number of hydrogen-bond acceptors (Lipinski definition) is 1. The van der Waals surface area contributed by atoms with Crippen LogP contribution in [0.4, 0.5) is 13.2 Å². The molecule has 2 aromatic rings. The second-order valence-corrected chi connectivity index (χ2v) is 7.40. The van der Waals surface area contributed by atoms with Crippen molar-refractivity contribution in [1.29, 1.82) is 0 Å². The highest BCUT2D eigenvalue weighted by atomic mass is 35.5. The lowest BCUT2D eigenvalue weighted by Crippen LogP contribution is -2.42. The van der Waals surface area contributed by atoms with Crippen molar-refractivity contribution in [3.8, 4) is 0 Å². The van der Waals surface area contributed by atoms with E-state index in [-0.39, 0.29) is 6.04 Å². The minimum Gasteiger partial charge on any atom is -0.358 e. The highest BCUT2D eigenvalue weighted by Gasteiger charge is 2.34. The zero-order valence-electron chi connectivity index (χ0n) is 13.4. The van der Waals surface area contributed by atoms with Crippen LogP contribution in [0.25, 0.3) is 10.9 Å². The standard InChI is InChI=1S/C17H17Cl2F3N2O/c1-8(7-17(20,21)22)16(25)23-10-2-3-13-11(6-10)15-12(19)4-9(18)5-14(15)24-13/h4-5,8,10,24H,2-3,6-7H2,1H3,(H,23,25)/t8-,10-/m0/s1. The number of hydrogen-bond donors (Lipinski definition) is 2. The molecule has 0 saturated carbocycles. The van der Waals surface area contributed by atoms with E-state index < -0.39 is 24.4 Å². The number of carbonyl (C=O) groups is 1. The van der Waals surface area contributed by atoms with Gasteiger partial charge in [0, 0.05) is 33.6 Å². The lowest BCUT2D eigenvalue weighted by atomic mass is 9.91. The normalized spacial score (nSPS) is 18.9. The molecule has 1 aliphatic rings. The smallest absolute Gasteiger partial charge is 0.358 e. The molecular weight excluding hydrogens is 376 g/mol. The molecule has 0 saturated heterocycles. The molecular formula is C17H17Cl2F3N2O. The topological polar surface area (TPSA) is 44.9 Å². The summed E-state index contributed by atoms with van der Waals surface area (Å²) in [5, 5.41) is 4.66. The first-order chi connectivity index (χ1) is 11.6. The molecule has 0 spiro atoms. The Kier molecular flexibility index (Phi) is 4.95. The number of alkyl halides is 3. The van der Waals surface area contributed by atoms with Gasteiger partial charge in [-0.05, 0) is 37.0 Å². The van der Waals surface area contributed by atoms with Crippen LogP contribution < -0.4 is 5.32 Å². The largest absolute Gasteiger partial charge is 0.389 e. The van der Waals surface area contributed by atoms with Gasteiger partial charge in [-0.15, -0.1) is 0 Å². The van der Waals surface area contributed by atoms with Gasteiger partial charge < -0.3 is 10.3 Å². The van der Waals surface area contributed by atoms with Gasteiger partial charge in [0.1, 0.15) is 0 Å². The van der Waals surface area contributed by atoms with Crippen LogP contribution in [0.3, 0.4) is 0 Å². The molecule has 0 unspecified atom stereocenters. The average molecular weight is 393 g/mol. The molecule has 136 valence electrons. The summed E-state index contributed by atoms with van der Waals surface area (Å²) < 4.78 is 37.3. The number of halogens is 5. The second kappa shape index (κ2) is 6.72. The van der Waals surface area contributed by atoms with Crippen LogP contribution in [0.5, 0.6) is 0 Å². The van der Waals surface area contributed by atoms with E-state index in [4.69, 9.17) is 23.2 Å². The number of rotatable bonds is 3. The average Bonchev–Trinajstić information content (AvgIpc) is 2.82. The fraction of sp³-hybridized carbons (Fsp3) is 0.471. The molecule has 0 aliphatic heterocycles. The maximum absolute atomic E-state index is 12.4. The number of aryl methyl sites for hydroxylation is 1. The van der Waals surface area contributed by atoms with Gasteiger partial charge >= 0.3 is 6.18 Å². The molecule has 1 heterocycles. The van der Waals surface area contributed by atoms with E-state index in [2.05, 4.69) is 10.3 Å². The van der Waals surface area contributed by atoms with Crippen molar-refractivity contribution < 1.29 is 18.0 Å². The highest BCUT2D eigenvalue weighted by Crippen LogP contribution is 2.36. The van der Waals surface area contributed by atoms with Crippen molar-refractivity contribution in [2.24, 2.45) is 5.92 Å². The van der Waals surface area contributed by atoms with Crippen LogP contribution in [-0.4, -0.2) is 23.1 Å². The highest BCUT2D eigenvalue weighted by molar-refractivity contribution is 6.38. The summed E-state index contributed by atoms with van der Waals surface area (Å²) in [6.45, 7) is 1.29. The first kappa shape index (κ1) is 18.4. The van der Waals surface area contributed by atoms with Gasteiger partial charge in [0.2, 0.25) is 5.91 Å². The van der Waals surface area contributed by atoms with E-state index in [1.165, 1.54) is 6.92 Å². The third-order valence-corrected chi connectivity index (χ3v) is 5.05. The molecule has 1 aliphatic carbocycles. The Morgan fingerprint density at radius 1 is 1.40 bits per heavy atom. The summed E-state index contributed by atoms with van der Waals surface area (Å²) in [6, 6.07) is 3.24. The zero-order valence-corrected chi connectivity index (χ0v) is 14.9. The lowest BCUT2D eigenvalue weighted by Gasteiger charge is -2.25. The number of H-pyrrole nitrogens is 1. The number of benzene rings is 1. The third kappa shape index (κ3) is 4.06. The number of aromatic amines is 1. The minimum absolute atomic E-state index is 0.207. The quantitative estimate of drug-likeness (QED) is 0.755. The van der Waals surface area contributed by atoms with Crippen LogP contribution in [0.15, 0.2) is 12.1 Å². The monoisotopic (exact) mass is 392 g/mol. The van der Waals surface area contributed by atoms with Crippen LogP contribution >= 0.6 is 23.2 Å². The maximum atomic E-state index is 12.4. The van der Waals surface area contributed by atoms with Crippen molar-refractivity contribution in [2.75, 3.05) is 0 Å². The number of carbonyl (C=O) groups excluding carboxylic acids is 1. The van der Waals surface area contributed by atoms with Gasteiger partial charge in [0.15, 0.2) is 0 Å². The van der Waals surface area contributed by atoms with Crippen molar-refractivity contribution in [3.63, 3.8) is 0 Å². The summed E-state index contributed by atoms with van der Waals surface area (Å²) in [4.78, 5) is 15.3. The van der Waals surface area contributed by atoms with E-state index in [0.29, 0.717) is 29.3 Å². The molecule has 1 amide bonds. The van der Waals surface area contributed by atoms with Gasteiger partial charge in [-0.25, -0.2) is 0 Å². The van der Waals surface area contributed by atoms with Gasteiger partial charge in [0.25, 0.3) is 0 Å². The SMILES string of the molecule is C[C@@H](CC(F)(F)F)C(=O)N[C@H]1CCc2[nH]c3cc(Cl)cc(Cl)c3c2C1. The fourth-order valence-corrected chi connectivity index (χ4v) is 3.99. The number of fused-ring (bicyclic) bond motifs is 3. The predicted octanol–water partition coefficient (Wildman–Crippen LogP) is 5.04. The van der Waals surface area contributed by atoms with Gasteiger partial charge in [-0.2, -0.15) is 13.2 Å². The fourth-order valence-electron chi connectivity index (χ4n) is 3.38. The van der Waals surface area contributed by atoms with Crippen LogP contribution in [0.2, 0.25) is 10.0 Å².